The van der Waals surface area contributed by atoms with Crippen LogP contribution in [0.25, 0.3) is 0 Å². The van der Waals surface area contributed by atoms with Crippen molar-refractivity contribution >= 4 is 11.9 Å². The van der Waals surface area contributed by atoms with Crippen molar-refractivity contribution in [2.75, 3.05) is 19.8 Å². The zero-order chi connectivity index (χ0) is 62.3. The van der Waals surface area contributed by atoms with E-state index in [1.807, 2.05) is 6.08 Å². The van der Waals surface area contributed by atoms with Gasteiger partial charge in [0, 0.05) is 12.8 Å². The molecule has 11 nitrogen and oxygen atoms in total. The third-order valence-electron chi connectivity index (χ3n) is 17.4. The topological polar surface area (TPSA) is 175 Å². The molecule has 0 aromatic rings. The molecule has 1 fully saturated rings. The molecule has 7 atom stereocenters. The number of hydrogen-bond donors (Lipinski definition) is 6. The predicted octanol–water partition coefficient (Wildman–Crippen LogP) is 19.1. The van der Waals surface area contributed by atoms with E-state index in [1.165, 1.54) is 270 Å². The summed E-state index contributed by atoms with van der Waals surface area (Å²) in [7, 11) is 0. The number of allylic oxidation sites excluding steroid dienone is 7. The molecule has 1 heterocycles. The number of hydrogen-bond acceptors (Lipinski definition) is 10. The number of aliphatic hydroxyl groups is 5. The van der Waals surface area contributed by atoms with Gasteiger partial charge in [0.2, 0.25) is 5.91 Å². The van der Waals surface area contributed by atoms with Gasteiger partial charge in [-0.25, -0.2) is 0 Å². The van der Waals surface area contributed by atoms with E-state index in [-0.39, 0.29) is 18.5 Å². The highest BCUT2D eigenvalue weighted by atomic mass is 16.7. The Kier molecular flexibility index (Phi) is 60.9. The minimum Gasteiger partial charge on any atom is -0.466 e. The number of rotatable bonds is 65. The van der Waals surface area contributed by atoms with E-state index in [1.54, 1.807) is 6.08 Å². The van der Waals surface area contributed by atoms with E-state index in [9.17, 15) is 35.1 Å². The lowest BCUT2D eigenvalue weighted by atomic mass is 9.99. The quantitative estimate of drug-likeness (QED) is 0.0195. The Hall–Kier alpha value is -2.38. The van der Waals surface area contributed by atoms with Crippen molar-refractivity contribution in [3.63, 3.8) is 0 Å². The molecule has 6 N–H and O–H groups in total. The van der Waals surface area contributed by atoms with E-state index in [4.69, 9.17) is 14.2 Å². The fourth-order valence-electron chi connectivity index (χ4n) is 11.6. The molecule has 0 bridgehead atoms. The summed E-state index contributed by atoms with van der Waals surface area (Å²) in [5, 5.41) is 54.3. The Morgan fingerprint density at radius 2 is 0.791 bits per heavy atom. The highest BCUT2D eigenvalue weighted by Gasteiger charge is 2.44. The first-order valence-corrected chi connectivity index (χ1v) is 36.9. The Bertz CT molecular complexity index is 1570. The number of nitrogens with one attached hydrogen (secondary N) is 1. The van der Waals surface area contributed by atoms with Gasteiger partial charge in [-0.15, -0.1) is 0 Å². The zero-order valence-electron chi connectivity index (χ0n) is 56.0. The molecule has 86 heavy (non-hydrogen) atoms. The average Bonchev–Trinajstić information content (AvgIpc) is 2.71. The van der Waals surface area contributed by atoms with Crippen LogP contribution in [0.2, 0.25) is 0 Å². The highest BCUT2D eigenvalue weighted by Crippen LogP contribution is 2.23. The second-order valence-corrected chi connectivity index (χ2v) is 25.6. The Morgan fingerprint density at radius 3 is 1.24 bits per heavy atom. The molecule has 0 saturated carbocycles. The van der Waals surface area contributed by atoms with Gasteiger partial charge in [0.15, 0.2) is 6.29 Å². The van der Waals surface area contributed by atoms with Crippen LogP contribution in [-0.2, 0) is 23.8 Å². The molecule has 1 aliphatic rings. The number of carbonyl (C=O) groups is 2. The first-order chi connectivity index (χ1) is 42.2. The summed E-state index contributed by atoms with van der Waals surface area (Å²) in [4.78, 5) is 25.0. The normalized spacial score (nSPS) is 18.2. The molecule has 11 heteroatoms. The van der Waals surface area contributed by atoms with E-state index >= 15 is 0 Å². The maximum Gasteiger partial charge on any atom is 0.305 e. The van der Waals surface area contributed by atoms with Gasteiger partial charge in [-0.05, 0) is 77.0 Å². The van der Waals surface area contributed by atoms with Gasteiger partial charge in [0.05, 0.1) is 32.0 Å². The summed E-state index contributed by atoms with van der Waals surface area (Å²) in [5.41, 5.74) is 0. The van der Waals surface area contributed by atoms with Gasteiger partial charge in [-0.1, -0.05) is 313 Å². The monoisotopic (exact) mass is 1210 g/mol. The fraction of sp³-hybridized carbons (Fsp3) is 0.867. The van der Waals surface area contributed by atoms with Gasteiger partial charge in [0.1, 0.15) is 24.4 Å². The van der Waals surface area contributed by atoms with Crippen LogP contribution in [0.4, 0.5) is 0 Å². The lowest BCUT2D eigenvalue weighted by Gasteiger charge is -2.40. The molecule has 0 aliphatic carbocycles. The first kappa shape index (κ1) is 81.6. The number of amides is 1. The van der Waals surface area contributed by atoms with Crippen LogP contribution in [0.15, 0.2) is 48.6 Å². The molecule has 504 valence electrons. The van der Waals surface area contributed by atoms with Crippen molar-refractivity contribution in [2.45, 2.75) is 397 Å². The van der Waals surface area contributed by atoms with Crippen LogP contribution in [-0.4, -0.2) is 100 Å². The van der Waals surface area contributed by atoms with Gasteiger partial charge in [-0.3, -0.25) is 9.59 Å². The number of ether oxygens (including phenoxy) is 3. The minimum absolute atomic E-state index is 0.0132. The summed E-state index contributed by atoms with van der Waals surface area (Å²) in [6, 6.07) is -0.824. The largest absolute Gasteiger partial charge is 0.466 e. The molecule has 0 aromatic heterocycles. The lowest BCUT2D eigenvalue weighted by Crippen LogP contribution is -2.60. The summed E-state index contributed by atoms with van der Waals surface area (Å²) in [6.45, 7) is 4.31. The maximum atomic E-state index is 13.0. The third kappa shape index (κ3) is 52.4. The predicted molar refractivity (Wildman–Crippen MR) is 361 cm³/mol. The second-order valence-electron chi connectivity index (χ2n) is 25.6. The van der Waals surface area contributed by atoms with E-state index < -0.39 is 49.5 Å². The molecule has 0 aromatic carbocycles. The smallest absolute Gasteiger partial charge is 0.305 e. The van der Waals surface area contributed by atoms with E-state index in [2.05, 4.69) is 55.6 Å². The van der Waals surface area contributed by atoms with Gasteiger partial charge in [0.25, 0.3) is 0 Å². The third-order valence-corrected chi connectivity index (χ3v) is 17.4. The first-order valence-electron chi connectivity index (χ1n) is 36.9. The van der Waals surface area contributed by atoms with Crippen molar-refractivity contribution in [3.05, 3.63) is 48.6 Å². The average molecular weight is 1210 g/mol. The maximum absolute atomic E-state index is 13.0. The lowest BCUT2D eigenvalue weighted by molar-refractivity contribution is -0.302. The molecule has 0 spiro atoms. The van der Waals surface area contributed by atoms with Gasteiger partial charge >= 0.3 is 5.97 Å². The van der Waals surface area contributed by atoms with Crippen LogP contribution in [0, 0.1) is 0 Å². The van der Waals surface area contributed by atoms with Crippen molar-refractivity contribution < 1.29 is 49.3 Å². The van der Waals surface area contributed by atoms with Crippen molar-refractivity contribution in [1.29, 1.82) is 0 Å². The Balaban J connectivity index is 1.89. The summed E-state index contributed by atoms with van der Waals surface area (Å²) in [5.74, 6) is -0.178. The van der Waals surface area contributed by atoms with Crippen molar-refractivity contribution in [3.8, 4) is 0 Å². The highest BCUT2D eigenvalue weighted by molar-refractivity contribution is 5.76. The molecule has 0 radical (unpaired) electrons. The van der Waals surface area contributed by atoms with E-state index in [0.29, 0.717) is 19.4 Å². The van der Waals surface area contributed by atoms with Crippen LogP contribution < -0.4 is 5.32 Å². The molecule has 1 rings (SSSR count). The van der Waals surface area contributed by atoms with Crippen molar-refractivity contribution in [1.82, 2.24) is 5.32 Å². The number of esters is 1. The zero-order valence-corrected chi connectivity index (χ0v) is 56.0. The minimum atomic E-state index is -1.57. The van der Waals surface area contributed by atoms with Crippen LogP contribution in [0.5, 0.6) is 0 Å². The van der Waals surface area contributed by atoms with Crippen LogP contribution >= 0.6 is 0 Å². The SMILES string of the molecule is CCCCC/C=C/CC/C=C/C(O)C(COC1OC(CO)C(O)C(O)C1O)NC(=O)CCCCCCCCCCCCCCCCCCC/C=C\C/C=C\CCCCCCCCCCCCCCCOC(=O)CCCCCCCCCCCCCC. The molecule has 1 saturated heterocycles. The Morgan fingerprint density at radius 1 is 0.430 bits per heavy atom. The summed E-state index contributed by atoms with van der Waals surface area (Å²) < 4.78 is 16.7. The molecule has 1 aliphatic heterocycles. The van der Waals surface area contributed by atoms with Crippen LogP contribution in [0.1, 0.15) is 354 Å². The second kappa shape index (κ2) is 64.2. The van der Waals surface area contributed by atoms with Crippen molar-refractivity contribution in [2.24, 2.45) is 0 Å². The summed E-state index contributed by atoms with van der Waals surface area (Å²) in [6.07, 6.45) is 74.4. The fourth-order valence-corrected chi connectivity index (χ4v) is 11.6. The number of unbranched alkanes of at least 4 members (excludes halogenated alkanes) is 45. The molecular weight excluding hydrogens is 1070 g/mol. The van der Waals surface area contributed by atoms with E-state index in [0.717, 1.165) is 57.8 Å². The standard InChI is InChI=1S/C75H139NO10/c1-3-5-7-9-11-13-14-43-47-51-55-59-63-71(80)84-64-60-56-52-48-44-41-39-37-35-33-31-29-27-25-23-21-19-17-15-16-18-20-22-24-26-28-30-32-34-36-38-40-42-46-50-54-58-62-70(79)76-67(68(78)61-57-53-49-45-12-10-8-6-4-2)66-85-75-74(83)73(82)72(81)69(65-77)86-75/h12,15,17,21,23,45,57,61,67-69,72-75,77-78,81-83H,3-11,13-14,16,18-20,22,24-44,46-56,58-60,62-66H2,1-2H3,(H,76,79)/b17-15-,23-21-,45-12+,61-57+. The van der Waals surface area contributed by atoms with Gasteiger partial charge in [-0.2, -0.15) is 0 Å². The molecule has 7 unspecified atom stereocenters. The molecular formula is C75H139NO10. The molecule has 1 amide bonds. The number of aliphatic hydroxyl groups excluding tert-OH is 5. The van der Waals surface area contributed by atoms with Crippen LogP contribution in [0.3, 0.4) is 0 Å². The number of carbonyl (C=O) groups excluding carboxylic acids is 2. The summed E-state index contributed by atoms with van der Waals surface area (Å²) >= 11 is 0. The Labute approximate surface area is 529 Å². The van der Waals surface area contributed by atoms with Gasteiger partial charge < -0.3 is 45.1 Å².